The number of piperidine rings is 1. The molecule has 1 aromatic heterocycles. The van der Waals surface area contributed by atoms with Crippen molar-refractivity contribution in [1.82, 2.24) is 14.9 Å². The van der Waals surface area contributed by atoms with E-state index in [2.05, 4.69) is 22.2 Å². The van der Waals surface area contributed by atoms with Crippen LogP contribution in [0.5, 0.6) is 0 Å². The van der Waals surface area contributed by atoms with E-state index in [0.717, 1.165) is 13.0 Å². The molecule has 2 aliphatic rings. The first-order chi connectivity index (χ1) is 10.7. The Bertz CT molecular complexity index is 521. The predicted octanol–water partition coefficient (Wildman–Crippen LogP) is 1.28. The number of carbonyl (C=O) groups excluding carboxylic acids is 1. The predicted molar refractivity (Wildman–Crippen MR) is 80.6 cm³/mol. The van der Waals surface area contributed by atoms with Gasteiger partial charge in [-0.1, -0.05) is 6.92 Å². The van der Waals surface area contributed by atoms with Gasteiger partial charge in [0.25, 0.3) is 5.91 Å². The first kappa shape index (κ1) is 15.2. The first-order valence-corrected chi connectivity index (χ1v) is 7.85. The minimum Gasteiger partial charge on any atom is -0.370 e. The molecule has 0 atom stereocenters. The molecule has 0 aliphatic carbocycles. The molecular formula is C15H22N4O3. The Labute approximate surface area is 130 Å². The highest BCUT2D eigenvalue weighted by molar-refractivity contribution is 5.93. The van der Waals surface area contributed by atoms with E-state index >= 15 is 0 Å². The number of likely N-dealkylation sites (tertiary alicyclic amines) is 1. The van der Waals surface area contributed by atoms with Crippen LogP contribution in [0.15, 0.2) is 12.4 Å². The fraction of sp³-hybridized carbons (Fsp3) is 0.667. The van der Waals surface area contributed by atoms with Crippen LogP contribution in [-0.4, -0.2) is 59.4 Å². The van der Waals surface area contributed by atoms with Crippen LogP contribution in [0.4, 0.5) is 5.82 Å². The van der Waals surface area contributed by atoms with Crippen molar-refractivity contribution >= 4 is 11.7 Å². The maximum absolute atomic E-state index is 12.6. The number of ether oxygens (including phenoxy) is 2. The number of hydrogen-bond acceptors (Lipinski definition) is 6. The molecule has 1 amide bonds. The van der Waals surface area contributed by atoms with Gasteiger partial charge in [0.05, 0.1) is 13.2 Å². The Morgan fingerprint density at radius 2 is 2.05 bits per heavy atom. The van der Waals surface area contributed by atoms with Crippen molar-refractivity contribution in [3.05, 3.63) is 18.1 Å². The van der Waals surface area contributed by atoms with Crippen LogP contribution in [0, 0.1) is 0 Å². The third kappa shape index (κ3) is 3.20. The molecule has 2 aliphatic heterocycles. The average Bonchev–Trinajstić information content (AvgIpc) is 3.01. The van der Waals surface area contributed by atoms with Crippen LogP contribution in [0.2, 0.25) is 0 Å². The third-order valence-corrected chi connectivity index (χ3v) is 4.07. The minimum absolute atomic E-state index is 0.0604. The monoisotopic (exact) mass is 306 g/mol. The molecule has 0 saturated carbocycles. The van der Waals surface area contributed by atoms with Crippen molar-refractivity contribution in [2.75, 3.05) is 38.2 Å². The Morgan fingerprint density at radius 1 is 1.32 bits per heavy atom. The van der Waals surface area contributed by atoms with E-state index in [1.54, 1.807) is 6.07 Å². The van der Waals surface area contributed by atoms with E-state index in [0.29, 0.717) is 50.7 Å². The van der Waals surface area contributed by atoms with Crippen LogP contribution in [0.25, 0.3) is 0 Å². The van der Waals surface area contributed by atoms with Gasteiger partial charge in [0.2, 0.25) is 0 Å². The lowest BCUT2D eigenvalue weighted by molar-refractivity contribution is -0.181. The maximum Gasteiger partial charge on any atom is 0.272 e. The molecule has 3 heterocycles. The van der Waals surface area contributed by atoms with E-state index in [-0.39, 0.29) is 5.91 Å². The number of anilines is 1. The summed E-state index contributed by atoms with van der Waals surface area (Å²) in [5.74, 6) is 0.168. The summed E-state index contributed by atoms with van der Waals surface area (Å²) in [6.07, 6.45) is 3.86. The molecule has 22 heavy (non-hydrogen) atoms. The number of rotatable bonds is 4. The van der Waals surface area contributed by atoms with Gasteiger partial charge in [-0.05, 0) is 6.42 Å². The third-order valence-electron chi connectivity index (χ3n) is 4.07. The zero-order chi connectivity index (χ0) is 15.4. The SMILES string of the molecule is CCCNc1cc(C(=O)N2CCC3(CC2)OCCO3)ncn1. The summed E-state index contributed by atoms with van der Waals surface area (Å²) in [7, 11) is 0. The van der Waals surface area contributed by atoms with Gasteiger partial charge in [-0.15, -0.1) is 0 Å². The first-order valence-electron chi connectivity index (χ1n) is 7.85. The highest BCUT2D eigenvalue weighted by atomic mass is 16.7. The largest absolute Gasteiger partial charge is 0.370 e. The molecule has 1 spiro atoms. The van der Waals surface area contributed by atoms with Crippen LogP contribution in [-0.2, 0) is 9.47 Å². The van der Waals surface area contributed by atoms with Gasteiger partial charge in [0.15, 0.2) is 5.79 Å². The van der Waals surface area contributed by atoms with Crippen molar-refractivity contribution in [3.8, 4) is 0 Å². The van der Waals surface area contributed by atoms with Crippen molar-refractivity contribution in [1.29, 1.82) is 0 Å². The van der Waals surface area contributed by atoms with E-state index in [9.17, 15) is 4.79 Å². The number of nitrogens with zero attached hydrogens (tertiary/aromatic N) is 3. The van der Waals surface area contributed by atoms with Crippen LogP contribution in [0.1, 0.15) is 36.7 Å². The van der Waals surface area contributed by atoms with Crippen molar-refractivity contribution in [3.63, 3.8) is 0 Å². The van der Waals surface area contributed by atoms with E-state index in [4.69, 9.17) is 9.47 Å². The van der Waals surface area contributed by atoms with Gasteiger partial charge in [-0.25, -0.2) is 9.97 Å². The summed E-state index contributed by atoms with van der Waals surface area (Å²) < 4.78 is 11.4. The molecule has 0 radical (unpaired) electrons. The lowest BCUT2D eigenvalue weighted by Gasteiger charge is -2.37. The highest BCUT2D eigenvalue weighted by Gasteiger charge is 2.41. The summed E-state index contributed by atoms with van der Waals surface area (Å²) in [6, 6.07) is 1.71. The number of carbonyl (C=O) groups is 1. The van der Waals surface area contributed by atoms with Gasteiger partial charge >= 0.3 is 0 Å². The Hall–Kier alpha value is -1.73. The Balaban J connectivity index is 1.62. The summed E-state index contributed by atoms with van der Waals surface area (Å²) >= 11 is 0. The minimum atomic E-state index is -0.462. The lowest BCUT2D eigenvalue weighted by atomic mass is 10.0. The molecule has 1 aromatic rings. The van der Waals surface area contributed by atoms with Gasteiger partial charge in [0.1, 0.15) is 17.8 Å². The highest BCUT2D eigenvalue weighted by Crippen LogP contribution is 2.31. The van der Waals surface area contributed by atoms with Gasteiger partial charge < -0.3 is 19.7 Å². The van der Waals surface area contributed by atoms with Gasteiger partial charge in [-0.2, -0.15) is 0 Å². The zero-order valence-corrected chi connectivity index (χ0v) is 12.9. The van der Waals surface area contributed by atoms with Crippen molar-refractivity contribution in [2.45, 2.75) is 32.0 Å². The molecule has 2 saturated heterocycles. The lowest BCUT2D eigenvalue weighted by Crippen LogP contribution is -2.47. The van der Waals surface area contributed by atoms with Crippen molar-refractivity contribution < 1.29 is 14.3 Å². The standard InChI is InChI=1S/C15H22N4O3/c1-2-5-16-13-10-12(17-11-18-13)14(20)19-6-3-15(4-7-19)21-8-9-22-15/h10-11H,2-9H2,1H3,(H,16,17,18). The molecule has 2 fully saturated rings. The average molecular weight is 306 g/mol. The van der Waals surface area contributed by atoms with Crippen LogP contribution >= 0.6 is 0 Å². The Kier molecular flexibility index (Phi) is 4.54. The molecule has 1 N–H and O–H groups in total. The van der Waals surface area contributed by atoms with E-state index in [1.165, 1.54) is 6.33 Å². The summed E-state index contributed by atoms with van der Waals surface area (Å²) in [5, 5.41) is 3.17. The fourth-order valence-corrected chi connectivity index (χ4v) is 2.82. The van der Waals surface area contributed by atoms with E-state index in [1.807, 2.05) is 4.90 Å². The van der Waals surface area contributed by atoms with E-state index < -0.39 is 5.79 Å². The molecule has 3 rings (SSSR count). The number of amides is 1. The van der Waals surface area contributed by atoms with Crippen LogP contribution in [0.3, 0.4) is 0 Å². The number of nitrogens with one attached hydrogen (secondary N) is 1. The summed E-state index contributed by atoms with van der Waals surface area (Å²) in [6.45, 7) is 5.45. The normalized spacial score (nSPS) is 20.3. The maximum atomic E-state index is 12.6. The number of hydrogen-bond donors (Lipinski definition) is 1. The molecule has 0 bridgehead atoms. The second kappa shape index (κ2) is 6.58. The zero-order valence-electron chi connectivity index (χ0n) is 12.9. The van der Waals surface area contributed by atoms with Gasteiger partial charge in [0, 0.05) is 38.5 Å². The second-order valence-corrected chi connectivity index (χ2v) is 5.62. The van der Waals surface area contributed by atoms with Crippen LogP contribution < -0.4 is 5.32 Å². The second-order valence-electron chi connectivity index (χ2n) is 5.62. The molecule has 7 heteroatoms. The molecule has 120 valence electrons. The summed E-state index contributed by atoms with van der Waals surface area (Å²) in [4.78, 5) is 22.6. The summed E-state index contributed by atoms with van der Waals surface area (Å²) in [5.41, 5.74) is 0.429. The fourth-order valence-electron chi connectivity index (χ4n) is 2.82. The van der Waals surface area contributed by atoms with Gasteiger partial charge in [-0.3, -0.25) is 4.79 Å². The topological polar surface area (TPSA) is 76.6 Å². The quantitative estimate of drug-likeness (QED) is 0.903. The molecule has 0 aromatic carbocycles. The Morgan fingerprint density at radius 3 is 2.73 bits per heavy atom. The smallest absolute Gasteiger partial charge is 0.272 e. The van der Waals surface area contributed by atoms with Crippen molar-refractivity contribution in [2.24, 2.45) is 0 Å². The number of aromatic nitrogens is 2. The molecule has 0 unspecified atom stereocenters. The molecule has 7 nitrogen and oxygen atoms in total. The molecular weight excluding hydrogens is 284 g/mol.